The van der Waals surface area contributed by atoms with Gasteiger partial charge in [-0.1, -0.05) is 27.7 Å². The van der Waals surface area contributed by atoms with Crippen molar-refractivity contribution >= 4 is 0 Å². The third kappa shape index (κ3) is 4.73. The second-order valence-electron chi connectivity index (χ2n) is 7.66. The van der Waals surface area contributed by atoms with Crippen molar-refractivity contribution in [2.45, 2.75) is 84.2 Å². The molecule has 1 N–H and O–H groups in total. The Labute approximate surface area is 127 Å². The molecule has 2 nitrogen and oxygen atoms in total. The Morgan fingerprint density at radius 2 is 1.75 bits per heavy atom. The molecule has 0 heterocycles. The van der Waals surface area contributed by atoms with E-state index in [0.717, 1.165) is 18.4 Å². The normalized spacial score (nSPS) is 29.1. The molecule has 0 amide bonds. The summed E-state index contributed by atoms with van der Waals surface area (Å²) in [4.78, 5) is 2.53. The highest BCUT2D eigenvalue weighted by Gasteiger charge is 2.42. The fourth-order valence-corrected chi connectivity index (χ4v) is 3.75. The minimum atomic E-state index is 0.385. The minimum absolute atomic E-state index is 0.385. The van der Waals surface area contributed by atoms with E-state index < -0.39 is 0 Å². The summed E-state index contributed by atoms with van der Waals surface area (Å²) < 4.78 is 0. The quantitative estimate of drug-likeness (QED) is 0.714. The minimum Gasteiger partial charge on any atom is -0.312 e. The van der Waals surface area contributed by atoms with Crippen LogP contribution < -0.4 is 5.32 Å². The third-order valence-electron chi connectivity index (χ3n) is 5.35. The number of nitrogens with one attached hydrogen (secondary N) is 1. The zero-order valence-electron chi connectivity index (χ0n) is 14.8. The molecule has 0 aliphatic heterocycles. The molecule has 0 aromatic carbocycles. The smallest absolute Gasteiger partial charge is 0.0356 e. The van der Waals surface area contributed by atoms with Crippen LogP contribution in [0, 0.1) is 11.8 Å². The van der Waals surface area contributed by atoms with Crippen LogP contribution in [0.15, 0.2) is 0 Å². The van der Waals surface area contributed by atoms with Crippen LogP contribution in [0.4, 0.5) is 0 Å². The molecule has 1 aliphatic rings. The summed E-state index contributed by atoms with van der Waals surface area (Å²) in [6.45, 7) is 10.6. The van der Waals surface area contributed by atoms with E-state index in [2.05, 4.69) is 52.0 Å². The number of rotatable bonds is 8. The molecule has 0 spiro atoms. The van der Waals surface area contributed by atoms with Gasteiger partial charge in [-0.05, 0) is 77.4 Å². The topological polar surface area (TPSA) is 15.3 Å². The predicted molar refractivity (Wildman–Crippen MR) is 90.2 cm³/mol. The van der Waals surface area contributed by atoms with Gasteiger partial charge in [0.05, 0.1) is 0 Å². The van der Waals surface area contributed by atoms with Crippen LogP contribution in [-0.2, 0) is 0 Å². The third-order valence-corrected chi connectivity index (χ3v) is 5.35. The SMILES string of the molecule is CCCNC(CCC(C)C)C1(N(C)C)CCC(C)CC1. The fraction of sp³-hybridized carbons (Fsp3) is 1.00. The highest BCUT2D eigenvalue weighted by molar-refractivity contribution is 5.01. The maximum atomic E-state index is 3.89. The maximum Gasteiger partial charge on any atom is 0.0356 e. The Morgan fingerprint density at radius 3 is 2.20 bits per heavy atom. The summed E-state index contributed by atoms with van der Waals surface area (Å²) in [6.07, 6.45) is 9.41. The zero-order valence-corrected chi connectivity index (χ0v) is 14.8. The first kappa shape index (κ1) is 18.0. The van der Waals surface area contributed by atoms with Gasteiger partial charge in [-0.15, -0.1) is 0 Å². The summed E-state index contributed by atoms with van der Waals surface area (Å²) in [6, 6.07) is 0.660. The first-order valence-electron chi connectivity index (χ1n) is 8.83. The van der Waals surface area contributed by atoms with Crippen LogP contribution in [0.2, 0.25) is 0 Å². The summed E-state index contributed by atoms with van der Waals surface area (Å²) in [5, 5.41) is 3.89. The number of likely N-dealkylation sites (N-methyl/N-ethyl adjacent to an activating group) is 1. The largest absolute Gasteiger partial charge is 0.312 e. The van der Waals surface area contributed by atoms with Crippen molar-refractivity contribution in [3.8, 4) is 0 Å². The van der Waals surface area contributed by atoms with Gasteiger partial charge in [-0.2, -0.15) is 0 Å². The second kappa shape index (κ2) is 8.38. The van der Waals surface area contributed by atoms with Crippen LogP contribution in [0.25, 0.3) is 0 Å². The molecule has 0 radical (unpaired) electrons. The molecular weight excluding hydrogens is 244 g/mol. The Balaban J connectivity index is 2.80. The molecule has 0 aromatic heterocycles. The van der Waals surface area contributed by atoms with Crippen LogP contribution in [0.1, 0.15) is 72.6 Å². The maximum absolute atomic E-state index is 3.89. The van der Waals surface area contributed by atoms with Gasteiger partial charge in [-0.25, -0.2) is 0 Å². The van der Waals surface area contributed by atoms with E-state index in [1.807, 2.05) is 0 Å². The molecule has 1 aliphatic carbocycles. The van der Waals surface area contributed by atoms with E-state index in [1.54, 1.807) is 0 Å². The highest BCUT2D eigenvalue weighted by atomic mass is 15.2. The molecule has 120 valence electrons. The first-order chi connectivity index (χ1) is 9.42. The molecule has 0 aromatic rings. The van der Waals surface area contributed by atoms with E-state index in [-0.39, 0.29) is 0 Å². The van der Waals surface area contributed by atoms with Crippen LogP contribution >= 0.6 is 0 Å². The van der Waals surface area contributed by atoms with Crippen molar-refractivity contribution in [1.82, 2.24) is 10.2 Å². The average molecular weight is 283 g/mol. The molecule has 0 saturated heterocycles. The standard InChI is InChI=1S/C18H38N2/c1-7-14-19-17(9-8-15(2)3)18(20(5)6)12-10-16(4)11-13-18/h15-17,19H,7-14H2,1-6H3. The second-order valence-corrected chi connectivity index (χ2v) is 7.66. The van der Waals surface area contributed by atoms with Gasteiger partial charge in [0.2, 0.25) is 0 Å². The number of hydrogen-bond acceptors (Lipinski definition) is 2. The lowest BCUT2D eigenvalue weighted by molar-refractivity contribution is 0.0385. The Morgan fingerprint density at radius 1 is 1.15 bits per heavy atom. The zero-order chi connectivity index (χ0) is 15.2. The molecule has 1 fully saturated rings. The Kier molecular flexibility index (Phi) is 7.53. The molecule has 1 saturated carbocycles. The first-order valence-corrected chi connectivity index (χ1v) is 8.83. The Hall–Kier alpha value is -0.0800. The molecular formula is C18H38N2. The van der Waals surface area contributed by atoms with Gasteiger partial charge >= 0.3 is 0 Å². The molecule has 1 unspecified atom stereocenters. The summed E-state index contributed by atoms with van der Waals surface area (Å²) in [5.74, 6) is 1.72. The lowest BCUT2D eigenvalue weighted by atomic mass is 9.70. The fourth-order valence-electron chi connectivity index (χ4n) is 3.75. The van der Waals surface area contributed by atoms with E-state index in [0.29, 0.717) is 11.6 Å². The van der Waals surface area contributed by atoms with E-state index in [9.17, 15) is 0 Å². The number of nitrogens with zero attached hydrogens (tertiary/aromatic N) is 1. The van der Waals surface area contributed by atoms with Gasteiger partial charge in [-0.3, -0.25) is 0 Å². The molecule has 2 heteroatoms. The van der Waals surface area contributed by atoms with Crippen molar-refractivity contribution in [2.24, 2.45) is 11.8 Å². The van der Waals surface area contributed by atoms with Crippen LogP contribution in [0.3, 0.4) is 0 Å². The predicted octanol–water partition coefficient (Wildman–Crippen LogP) is 4.30. The van der Waals surface area contributed by atoms with Crippen LogP contribution in [0.5, 0.6) is 0 Å². The van der Waals surface area contributed by atoms with Crippen LogP contribution in [-0.4, -0.2) is 37.1 Å². The lowest BCUT2D eigenvalue weighted by Gasteiger charge is -2.50. The summed E-state index contributed by atoms with van der Waals surface area (Å²) in [5.41, 5.74) is 0.385. The monoisotopic (exact) mass is 282 g/mol. The van der Waals surface area contributed by atoms with E-state index in [4.69, 9.17) is 0 Å². The van der Waals surface area contributed by atoms with Gasteiger partial charge < -0.3 is 10.2 Å². The molecule has 0 bridgehead atoms. The average Bonchev–Trinajstić information content (AvgIpc) is 2.40. The van der Waals surface area contributed by atoms with Crippen molar-refractivity contribution in [3.63, 3.8) is 0 Å². The summed E-state index contributed by atoms with van der Waals surface area (Å²) in [7, 11) is 4.60. The van der Waals surface area contributed by atoms with E-state index >= 15 is 0 Å². The van der Waals surface area contributed by atoms with E-state index in [1.165, 1.54) is 44.9 Å². The van der Waals surface area contributed by atoms with Gasteiger partial charge in [0, 0.05) is 11.6 Å². The van der Waals surface area contributed by atoms with Gasteiger partial charge in [0.25, 0.3) is 0 Å². The highest BCUT2D eigenvalue weighted by Crippen LogP contribution is 2.39. The Bertz CT molecular complexity index is 252. The summed E-state index contributed by atoms with van der Waals surface area (Å²) >= 11 is 0. The van der Waals surface area contributed by atoms with Crippen molar-refractivity contribution < 1.29 is 0 Å². The van der Waals surface area contributed by atoms with Gasteiger partial charge in [0.15, 0.2) is 0 Å². The molecule has 20 heavy (non-hydrogen) atoms. The molecule has 1 rings (SSSR count). The van der Waals surface area contributed by atoms with Crippen molar-refractivity contribution in [3.05, 3.63) is 0 Å². The number of hydrogen-bond donors (Lipinski definition) is 1. The van der Waals surface area contributed by atoms with Crippen molar-refractivity contribution in [1.29, 1.82) is 0 Å². The lowest BCUT2D eigenvalue weighted by Crippen LogP contribution is -2.60. The molecule has 1 atom stereocenters. The van der Waals surface area contributed by atoms with Gasteiger partial charge in [0.1, 0.15) is 0 Å². The van der Waals surface area contributed by atoms with Crippen molar-refractivity contribution in [2.75, 3.05) is 20.6 Å².